The number of carbonyl (C=O) groups is 2. The van der Waals surface area contributed by atoms with Gasteiger partial charge in [-0.2, -0.15) is 0 Å². The maximum Gasteiger partial charge on any atom is 0.310 e. The van der Waals surface area contributed by atoms with Crippen molar-refractivity contribution in [2.45, 2.75) is 19.8 Å². The van der Waals surface area contributed by atoms with Gasteiger partial charge in [0.1, 0.15) is 0 Å². The first kappa shape index (κ1) is 15.8. The van der Waals surface area contributed by atoms with Gasteiger partial charge in [0.05, 0.1) is 19.4 Å². The van der Waals surface area contributed by atoms with Crippen molar-refractivity contribution in [1.82, 2.24) is 0 Å². The number of rotatable bonds is 6. The number of hydrogen-bond donors (Lipinski definition) is 1. The first-order valence-electron chi connectivity index (χ1n) is 7.25. The van der Waals surface area contributed by atoms with Crippen molar-refractivity contribution < 1.29 is 14.3 Å². The van der Waals surface area contributed by atoms with E-state index in [0.29, 0.717) is 18.7 Å². The monoisotopic (exact) mass is 297 g/mol. The van der Waals surface area contributed by atoms with Gasteiger partial charge in [-0.3, -0.25) is 9.59 Å². The van der Waals surface area contributed by atoms with Crippen LogP contribution in [0.5, 0.6) is 0 Å². The largest absolute Gasteiger partial charge is 0.466 e. The van der Waals surface area contributed by atoms with Crippen molar-refractivity contribution in [3.05, 3.63) is 65.7 Å². The summed E-state index contributed by atoms with van der Waals surface area (Å²) < 4.78 is 4.90. The van der Waals surface area contributed by atoms with Crippen molar-refractivity contribution in [2.75, 3.05) is 11.9 Å². The molecule has 0 bridgehead atoms. The summed E-state index contributed by atoms with van der Waals surface area (Å²) in [5.74, 6) is -0.312. The number of amides is 1. The highest BCUT2D eigenvalue weighted by atomic mass is 16.5. The molecule has 0 aromatic heterocycles. The van der Waals surface area contributed by atoms with E-state index < -0.39 is 0 Å². The highest BCUT2D eigenvalue weighted by molar-refractivity contribution is 5.92. The van der Waals surface area contributed by atoms with Gasteiger partial charge in [0.25, 0.3) is 0 Å². The number of hydrogen-bond acceptors (Lipinski definition) is 3. The fourth-order valence-corrected chi connectivity index (χ4v) is 2.07. The summed E-state index contributed by atoms with van der Waals surface area (Å²) in [5, 5.41) is 2.84. The lowest BCUT2D eigenvalue weighted by atomic mass is 10.1. The first-order chi connectivity index (χ1) is 10.7. The van der Waals surface area contributed by atoms with Crippen molar-refractivity contribution in [3.63, 3.8) is 0 Å². The van der Waals surface area contributed by atoms with Crippen molar-refractivity contribution in [2.24, 2.45) is 0 Å². The van der Waals surface area contributed by atoms with Gasteiger partial charge >= 0.3 is 5.97 Å². The lowest BCUT2D eigenvalue weighted by Gasteiger charge is -2.07. The molecule has 22 heavy (non-hydrogen) atoms. The smallest absolute Gasteiger partial charge is 0.310 e. The van der Waals surface area contributed by atoms with Gasteiger partial charge < -0.3 is 10.1 Å². The molecule has 0 saturated carbocycles. The maximum atomic E-state index is 11.9. The minimum Gasteiger partial charge on any atom is -0.466 e. The Labute approximate surface area is 130 Å². The summed E-state index contributed by atoms with van der Waals surface area (Å²) >= 11 is 0. The second-order valence-corrected chi connectivity index (χ2v) is 4.89. The van der Waals surface area contributed by atoms with Gasteiger partial charge in [0.15, 0.2) is 0 Å². The van der Waals surface area contributed by atoms with E-state index in [1.54, 1.807) is 19.1 Å². The quantitative estimate of drug-likeness (QED) is 0.834. The topological polar surface area (TPSA) is 55.4 Å². The van der Waals surface area contributed by atoms with E-state index >= 15 is 0 Å². The normalized spacial score (nSPS) is 10.0. The number of anilines is 1. The Morgan fingerprint density at radius 1 is 0.909 bits per heavy atom. The molecule has 0 saturated heterocycles. The van der Waals surface area contributed by atoms with Crippen LogP contribution in [0.1, 0.15) is 18.1 Å². The van der Waals surface area contributed by atoms with E-state index in [1.807, 2.05) is 42.5 Å². The highest BCUT2D eigenvalue weighted by Crippen LogP contribution is 2.11. The third kappa shape index (κ3) is 5.05. The van der Waals surface area contributed by atoms with Crippen LogP contribution in [-0.2, 0) is 27.2 Å². The second-order valence-electron chi connectivity index (χ2n) is 4.89. The minimum atomic E-state index is -0.247. The Bertz CT molecular complexity index is 621. The third-order valence-corrected chi connectivity index (χ3v) is 3.10. The number of esters is 1. The molecule has 0 radical (unpaired) electrons. The van der Waals surface area contributed by atoms with Gasteiger partial charge in [-0.25, -0.2) is 0 Å². The predicted octanol–water partition coefficient (Wildman–Crippen LogP) is 2.97. The average Bonchev–Trinajstić information content (AvgIpc) is 2.50. The van der Waals surface area contributed by atoms with E-state index in [1.165, 1.54) is 0 Å². The van der Waals surface area contributed by atoms with Crippen LogP contribution in [0.2, 0.25) is 0 Å². The van der Waals surface area contributed by atoms with Crippen LogP contribution in [0, 0.1) is 0 Å². The van der Waals surface area contributed by atoms with Crippen LogP contribution in [0.3, 0.4) is 0 Å². The molecule has 0 atom stereocenters. The SMILES string of the molecule is CCOC(=O)Cc1ccc(NC(=O)Cc2ccccc2)cc1. The van der Waals surface area contributed by atoms with E-state index in [4.69, 9.17) is 4.74 Å². The Balaban J connectivity index is 1.88. The summed E-state index contributed by atoms with van der Waals surface area (Å²) in [6.45, 7) is 2.16. The molecule has 1 N–H and O–H groups in total. The molecule has 114 valence electrons. The van der Waals surface area contributed by atoms with Gasteiger partial charge in [-0.05, 0) is 30.2 Å². The number of benzene rings is 2. The molecular weight excluding hydrogens is 278 g/mol. The van der Waals surface area contributed by atoms with Crippen LogP contribution in [0.4, 0.5) is 5.69 Å². The van der Waals surface area contributed by atoms with Gasteiger partial charge in [0.2, 0.25) is 5.91 Å². The van der Waals surface area contributed by atoms with E-state index in [2.05, 4.69) is 5.32 Å². The molecule has 2 aromatic carbocycles. The van der Waals surface area contributed by atoms with Crippen LogP contribution >= 0.6 is 0 Å². The third-order valence-electron chi connectivity index (χ3n) is 3.10. The molecule has 2 aromatic rings. The molecule has 0 fully saturated rings. The van der Waals surface area contributed by atoms with Crippen LogP contribution in [0.25, 0.3) is 0 Å². The minimum absolute atomic E-state index is 0.0654. The molecule has 0 aliphatic rings. The number of ether oxygens (including phenoxy) is 1. The van der Waals surface area contributed by atoms with Crippen LogP contribution in [0.15, 0.2) is 54.6 Å². The van der Waals surface area contributed by atoms with E-state index in [0.717, 1.165) is 11.1 Å². The van der Waals surface area contributed by atoms with Crippen molar-refractivity contribution in [1.29, 1.82) is 0 Å². The molecule has 1 amide bonds. The van der Waals surface area contributed by atoms with Crippen molar-refractivity contribution in [3.8, 4) is 0 Å². The Kier molecular flexibility index (Phi) is 5.72. The highest BCUT2D eigenvalue weighted by Gasteiger charge is 2.06. The van der Waals surface area contributed by atoms with Gasteiger partial charge in [0, 0.05) is 5.69 Å². The zero-order valence-corrected chi connectivity index (χ0v) is 12.5. The molecule has 0 heterocycles. The molecular formula is C18H19NO3. The fraction of sp³-hybridized carbons (Fsp3) is 0.222. The fourth-order valence-electron chi connectivity index (χ4n) is 2.07. The molecule has 4 heteroatoms. The summed E-state index contributed by atoms with van der Waals surface area (Å²) in [7, 11) is 0. The predicted molar refractivity (Wildman–Crippen MR) is 85.6 cm³/mol. The molecule has 0 unspecified atom stereocenters. The summed E-state index contributed by atoms with van der Waals surface area (Å²) in [4.78, 5) is 23.3. The van der Waals surface area contributed by atoms with Gasteiger partial charge in [-0.1, -0.05) is 42.5 Å². The van der Waals surface area contributed by atoms with Gasteiger partial charge in [-0.15, -0.1) is 0 Å². The molecule has 0 aliphatic heterocycles. The second kappa shape index (κ2) is 7.98. The first-order valence-corrected chi connectivity index (χ1v) is 7.25. The molecule has 0 spiro atoms. The summed E-state index contributed by atoms with van der Waals surface area (Å²) in [6.07, 6.45) is 0.581. The summed E-state index contributed by atoms with van der Waals surface area (Å²) in [6, 6.07) is 16.8. The molecule has 0 aliphatic carbocycles. The standard InChI is InChI=1S/C18H19NO3/c1-2-22-18(21)13-15-8-10-16(11-9-15)19-17(20)12-14-6-4-3-5-7-14/h3-11H,2,12-13H2,1H3,(H,19,20). The summed E-state index contributed by atoms with van der Waals surface area (Å²) in [5.41, 5.74) is 2.55. The average molecular weight is 297 g/mol. The molecule has 2 rings (SSSR count). The molecule has 4 nitrogen and oxygen atoms in total. The number of nitrogens with one attached hydrogen (secondary N) is 1. The zero-order chi connectivity index (χ0) is 15.8. The van der Waals surface area contributed by atoms with Crippen molar-refractivity contribution >= 4 is 17.6 Å². The van der Waals surface area contributed by atoms with Crippen LogP contribution < -0.4 is 5.32 Å². The Hall–Kier alpha value is -2.62. The van der Waals surface area contributed by atoms with E-state index in [9.17, 15) is 9.59 Å². The van der Waals surface area contributed by atoms with Crippen LogP contribution in [-0.4, -0.2) is 18.5 Å². The zero-order valence-electron chi connectivity index (χ0n) is 12.5. The number of carbonyl (C=O) groups excluding carboxylic acids is 2. The maximum absolute atomic E-state index is 11.9. The lowest BCUT2D eigenvalue weighted by Crippen LogP contribution is -2.14. The lowest BCUT2D eigenvalue weighted by molar-refractivity contribution is -0.142. The Morgan fingerprint density at radius 3 is 2.18 bits per heavy atom. The Morgan fingerprint density at radius 2 is 1.55 bits per heavy atom. The van der Waals surface area contributed by atoms with E-state index in [-0.39, 0.29) is 18.3 Å².